The first-order valence-corrected chi connectivity index (χ1v) is 5.35. The Labute approximate surface area is 99.7 Å². The zero-order valence-corrected chi connectivity index (χ0v) is 9.34. The van der Waals surface area contributed by atoms with Gasteiger partial charge in [0.25, 0.3) is 0 Å². The van der Waals surface area contributed by atoms with Crippen LogP contribution in [0, 0.1) is 0 Å². The highest BCUT2D eigenvalue weighted by Crippen LogP contribution is 2.08. The second-order valence-electron chi connectivity index (χ2n) is 3.39. The van der Waals surface area contributed by atoms with Gasteiger partial charge in [-0.1, -0.05) is 18.2 Å². The van der Waals surface area contributed by atoms with E-state index in [1.165, 1.54) is 0 Å². The molecular weight excluding hydrogens is 216 g/mol. The number of benzene rings is 1. The van der Waals surface area contributed by atoms with E-state index in [0.717, 1.165) is 5.75 Å². The summed E-state index contributed by atoms with van der Waals surface area (Å²) in [5.74, 6) is 1.82. The lowest BCUT2D eigenvalue weighted by Gasteiger charge is -2.07. The molecule has 3 N–H and O–H groups in total. The molecule has 17 heavy (non-hydrogen) atoms. The molecule has 0 aliphatic heterocycles. The standard InChI is InChI=1S/C12H14N4O/c13-12-15-7-6-11(16-12)14-8-9-17-10-4-2-1-3-5-10/h1-7H,8-9H2,(H3,13,14,15,16). The highest BCUT2D eigenvalue weighted by molar-refractivity contribution is 5.37. The quantitative estimate of drug-likeness (QED) is 0.762. The molecule has 0 spiro atoms. The Bertz CT molecular complexity index is 461. The maximum atomic E-state index is 5.52. The predicted octanol–water partition coefficient (Wildman–Crippen LogP) is 1.55. The van der Waals surface area contributed by atoms with E-state index in [0.29, 0.717) is 19.0 Å². The summed E-state index contributed by atoms with van der Waals surface area (Å²) >= 11 is 0. The number of para-hydroxylation sites is 1. The van der Waals surface area contributed by atoms with Gasteiger partial charge in [-0.15, -0.1) is 0 Å². The zero-order valence-electron chi connectivity index (χ0n) is 9.34. The van der Waals surface area contributed by atoms with E-state index < -0.39 is 0 Å². The Morgan fingerprint density at radius 1 is 1.18 bits per heavy atom. The van der Waals surface area contributed by atoms with Crippen molar-refractivity contribution in [3.63, 3.8) is 0 Å². The maximum absolute atomic E-state index is 5.52. The van der Waals surface area contributed by atoms with Crippen LogP contribution in [0.5, 0.6) is 5.75 Å². The highest BCUT2D eigenvalue weighted by atomic mass is 16.5. The van der Waals surface area contributed by atoms with Gasteiger partial charge < -0.3 is 15.8 Å². The zero-order chi connectivity index (χ0) is 11.9. The highest BCUT2D eigenvalue weighted by Gasteiger charge is 1.95. The van der Waals surface area contributed by atoms with Crippen LogP contribution in [0.2, 0.25) is 0 Å². The smallest absolute Gasteiger partial charge is 0.221 e. The summed E-state index contributed by atoms with van der Waals surface area (Å²) in [7, 11) is 0. The van der Waals surface area contributed by atoms with Gasteiger partial charge in [-0.25, -0.2) is 4.98 Å². The van der Waals surface area contributed by atoms with Gasteiger partial charge in [0.05, 0.1) is 6.54 Å². The van der Waals surface area contributed by atoms with E-state index in [1.807, 2.05) is 30.3 Å². The van der Waals surface area contributed by atoms with E-state index in [-0.39, 0.29) is 5.95 Å². The van der Waals surface area contributed by atoms with Gasteiger partial charge >= 0.3 is 0 Å². The molecule has 0 atom stereocenters. The van der Waals surface area contributed by atoms with Crippen LogP contribution in [-0.2, 0) is 0 Å². The minimum absolute atomic E-state index is 0.263. The normalized spacial score (nSPS) is 9.88. The van der Waals surface area contributed by atoms with Crippen molar-refractivity contribution < 1.29 is 4.74 Å². The van der Waals surface area contributed by atoms with Crippen molar-refractivity contribution >= 4 is 11.8 Å². The third kappa shape index (κ3) is 3.64. The van der Waals surface area contributed by atoms with Crippen LogP contribution in [-0.4, -0.2) is 23.1 Å². The first-order valence-electron chi connectivity index (χ1n) is 5.35. The fourth-order valence-electron chi connectivity index (χ4n) is 1.34. The predicted molar refractivity (Wildman–Crippen MR) is 66.9 cm³/mol. The first-order chi connectivity index (χ1) is 8.34. The lowest BCUT2D eigenvalue weighted by atomic mass is 10.3. The van der Waals surface area contributed by atoms with Gasteiger partial charge in [0.2, 0.25) is 5.95 Å². The van der Waals surface area contributed by atoms with Crippen molar-refractivity contribution in [1.82, 2.24) is 9.97 Å². The molecule has 1 aromatic heterocycles. The monoisotopic (exact) mass is 230 g/mol. The summed E-state index contributed by atoms with van der Waals surface area (Å²) in [6.45, 7) is 1.22. The molecule has 5 heteroatoms. The van der Waals surface area contributed by atoms with Gasteiger partial charge in [0, 0.05) is 6.20 Å². The summed E-state index contributed by atoms with van der Waals surface area (Å²) in [6.07, 6.45) is 1.61. The maximum Gasteiger partial charge on any atom is 0.221 e. The van der Waals surface area contributed by atoms with Crippen LogP contribution in [0.25, 0.3) is 0 Å². The number of ether oxygens (including phenoxy) is 1. The molecule has 0 radical (unpaired) electrons. The summed E-state index contributed by atoms with van der Waals surface area (Å²) in [4.78, 5) is 7.83. The van der Waals surface area contributed by atoms with Crippen LogP contribution >= 0.6 is 0 Å². The second kappa shape index (κ2) is 5.69. The van der Waals surface area contributed by atoms with Crippen LogP contribution in [0.15, 0.2) is 42.6 Å². The number of hydrogen-bond donors (Lipinski definition) is 2. The first kappa shape index (κ1) is 11.2. The number of hydrogen-bond acceptors (Lipinski definition) is 5. The molecule has 0 aliphatic rings. The van der Waals surface area contributed by atoms with Crippen LogP contribution in [0.3, 0.4) is 0 Å². The van der Waals surface area contributed by atoms with Gasteiger partial charge in [-0.05, 0) is 18.2 Å². The van der Waals surface area contributed by atoms with E-state index in [1.54, 1.807) is 12.3 Å². The number of nitrogens with two attached hydrogens (primary N) is 1. The molecule has 1 heterocycles. The molecule has 0 bridgehead atoms. The van der Waals surface area contributed by atoms with E-state index in [2.05, 4.69) is 15.3 Å². The number of rotatable bonds is 5. The van der Waals surface area contributed by atoms with Gasteiger partial charge in [-0.2, -0.15) is 4.98 Å². The Kier molecular flexibility index (Phi) is 3.75. The third-order valence-corrected chi connectivity index (χ3v) is 2.09. The Balaban J connectivity index is 1.73. The van der Waals surface area contributed by atoms with Crippen molar-refractivity contribution in [3.05, 3.63) is 42.6 Å². The molecule has 0 amide bonds. The molecular formula is C12H14N4O. The molecule has 5 nitrogen and oxygen atoms in total. The fourth-order valence-corrected chi connectivity index (χ4v) is 1.34. The molecule has 0 saturated heterocycles. The molecule has 0 saturated carbocycles. The van der Waals surface area contributed by atoms with Crippen molar-refractivity contribution in [2.75, 3.05) is 24.2 Å². The van der Waals surface area contributed by atoms with Crippen molar-refractivity contribution in [2.24, 2.45) is 0 Å². The van der Waals surface area contributed by atoms with Gasteiger partial charge in [-0.3, -0.25) is 0 Å². The minimum Gasteiger partial charge on any atom is -0.492 e. The molecule has 0 fully saturated rings. The van der Waals surface area contributed by atoms with Crippen LogP contribution < -0.4 is 15.8 Å². The van der Waals surface area contributed by atoms with Crippen molar-refractivity contribution in [3.8, 4) is 5.75 Å². The van der Waals surface area contributed by atoms with E-state index in [9.17, 15) is 0 Å². The Morgan fingerprint density at radius 3 is 2.76 bits per heavy atom. The van der Waals surface area contributed by atoms with Gasteiger partial charge in [0.15, 0.2) is 0 Å². The van der Waals surface area contributed by atoms with Crippen molar-refractivity contribution in [1.29, 1.82) is 0 Å². The molecule has 0 unspecified atom stereocenters. The fraction of sp³-hybridized carbons (Fsp3) is 0.167. The summed E-state index contributed by atoms with van der Waals surface area (Å²) in [5, 5.41) is 3.10. The molecule has 0 aliphatic carbocycles. The minimum atomic E-state index is 0.263. The molecule has 1 aromatic carbocycles. The lowest BCUT2D eigenvalue weighted by Crippen LogP contribution is -2.12. The topological polar surface area (TPSA) is 73.1 Å². The number of nitrogens with zero attached hydrogens (tertiary/aromatic N) is 2. The molecule has 88 valence electrons. The summed E-state index contributed by atoms with van der Waals surface area (Å²) < 4.78 is 5.52. The van der Waals surface area contributed by atoms with Crippen LogP contribution in [0.4, 0.5) is 11.8 Å². The largest absolute Gasteiger partial charge is 0.492 e. The van der Waals surface area contributed by atoms with Gasteiger partial charge in [0.1, 0.15) is 18.2 Å². The number of nitrogen functional groups attached to an aromatic ring is 1. The number of anilines is 2. The Hall–Kier alpha value is -2.30. The molecule has 2 aromatic rings. The SMILES string of the molecule is Nc1nccc(NCCOc2ccccc2)n1. The summed E-state index contributed by atoms with van der Waals surface area (Å²) in [5.41, 5.74) is 5.46. The second-order valence-corrected chi connectivity index (χ2v) is 3.39. The van der Waals surface area contributed by atoms with Crippen molar-refractivity contribution in [2.45, 2.75) is 0 Å². The average molecular weight is 230 g/mol. The van der Waals surface area contributed by atoms with E-state index in [4.69, 9.17) is 10.5 Å². The summed E-state index contributed by atoms with van der Waals surface area (Å²) in [6, 6.07) is 11.4. The lowest BCUT2D eigenvalue weighted by molar-refractivity contribution is 0.333. The average Bonchev–Trinajstić information content (AvgIpc) is 2.36. The van der Waals surface area contributed by atoms with E-state index >= 15 is 0 Å². The third-order valence-electron chi connectivity index (χ3n) is 2.09. The molecule has 2 rings (SSSR count). The number of aromatic nitrogens is 2. The Morgan fingerprint density at radius 2 is 2.00 bits per heavy atom. The van der Waals surface area contributed by atoms with Crippen LogP contribution in [0.1, 0.15) is 0 Å². The number of nitrogens with one attached hydrogen (secondary N) is 1.